The molecule has 0 saturated carbocycles. The van der Waals surface area contributed by atoms with Gasteiger partial charge in [-0.3, -0.25) is 14.4 Å². The lowest BCUT2D eigenvalue weighted by molar-refractivity contribution is -0.180. The van der Waals surface area contributed by atoms with E-state index in [1.807, 2.05) is 0 Å². The third-order valence-electron chi connectivity index (χ3n) is 3.97. The molecule has 8 nitrogen and oxygen atoms in total. The Morgan fingerprint density at radius 1 is 1.17 bits per heavy atom. The first kappa shape index (κ1) is 15.9. The number of carbonyl (C=O) groups is 3. The number of rotatable bonds is 3. The van der Waals surface area contributed by atoms with Gasteiger partial charge < -0.3 is 14.2 Å². The number of amides is 2. The summed E-state index contributed by atoms with van der Waals surface area (Å²) in [6.45, 7) is -0.147. The van der Waals surface area contributed by atoms with Gasteiger partial charge in [0.25, 0.3) is 11.8 Å². The first-order valence-electron chi connectivity index (χ1n) is 7.80. The van der Waals surface area contributed by atoms with Crippen molar-refractivity contribution >= 4 is 18.0 Å². The van der Waals surface area contributed by atoms with Crippen LogP contribution in [0.4, 0.5) is 4.79 Å². The summed E-state index contributed by atoms with van der Waals surface area (Å²) < 4.78 is 16.3. The van der Waals surface area contributed by atoms with E-state index in [4.69, 9.17) is 14.2 Å². The van der Waals surface area contributed by atoms with E-state index in [1.165, 1.54) is 0 Å². The molecule has 3 unspecified atom stereocenters. The lowest BCUT2D eigenvalue weighted by atomic mass is 10.0. The fourth-order valence-corrected chi connectivity index (χ4v) is 2.82. The van der Waals surface area contributed by atoms with Crippen molar-refractivity contribution in [2.45, 2.75) is 57.0 Å². The standard InChI is InChI=1S/C15H19NO7/c17-12-7-8-13(18)16(12)23-15(19)20-9-14-21-10-5-3-1-2-4-6-11(10)22-14/h1,3,10-11,14H,2,4-9H2/b3-1+. The second-order valence-corrected chi connectivity index (χ2v) is 5.65. The number of ether oxygens (including phenoxy) is 3. The Morgan fingerprint density at radius 2 is 1.91 bits per heavy atom. The molecule has 1 aliphatic carbocycles. The normalized spacial score (nSPS) is 32.2. The van der Waals surface area contributed by atoms with Crippen molar-refractivity contribution in [3.63, 3.8) is 0 Å². The zero-order valence-corrected chi connectivity index (χ0v) is 12.6. The first-order valence-corrected chi connectivity index (χ1v) is 7.80. The second-order valence-electron chi connectivity index (χ2n) is 5.65. The molecule has 0 radical (unpaired) electrons. The van der Waals surface area contributed by atoms with Crippen molar-refractivity contribution in [1.29, 1.82) is 0 Å². The Hall–Kier alpha value is -1.93. The molecule has 3 aliphatic rings. The molecule has 3 rings (SSSR count). The van der Waals surface area contributed by atoms with Crippen molar-refractivity contribution in [1.82, 2.24) is 5.06 Å². The quantitative estimate of drug-likeness (QED) is 0.440. The van der Waals surface area contributed by atoms with Crippen LogP contribution in [0.15, 0.2) is 12.2 Å². The van der Waals surface area contributed by atoms with Gasteiger partial charge in [0.2, 0.25) is 0 Å². The lowest BCUT2D eigenvalue weighted by Gasteiger charge is -2.16. The molecule has 23 heavy (non-hydrogen) atoms. The van der Waals surface area contributed by atoms with E-state index in [0.717, 1.165) is 25.7 Å². The van der Waals surface area contributed by atoms with Crippen LogP contribution >= 0.6 is 0 Å². The Kier molecular flexibility index (Phi) is 4.92. The van der Waals surface area contributed by atoms with Gasteiger partial charge in [-0.25, -0.2) is 4.79 Å². The van der Waals surface area contributed by atoms with E-state index in [0.29, 0.717) is 5.06 Å². The van der Waals surface area contributed by atoms with Crippen molar-refractivity contribution < 1.29 is 33.4 Å². The van der Waals surface area contributed by atoms with E-state index < -0.39 is 24.3 Å². The zero-order chi connectivity index (χ0) is 16.2. The molecule has 0 aromatic carbocycles. The molecule has 2 saturated heterocycles. The summed E-state index contributed by atoms with van der Waals surface area (Å²) in [5.41, 5.74) is 0. The van der Waals surface area contributed by atoms with Gasteiger partial charge >= 0.3 is 6.16 Å². The number of imide groups is 1. The zero-order valence-electron chi connectivity index (χ0n) is 12.6. The summed E-state index contributed by atoms with van der Waals surface area (Å²) >= 11 is 0. The fraction of sp³-hybridized carbons (Fsp3) is 0.667. The summed E-state index contributed by atoms with van der Waals surface area (Å²) in [6.07, 6.45) is 6.16. The largest absolute Gasteiger partial charge is 0.534 e. The van der Waals surface area contributed by atoms with Gasteiger partial charge in [0.15, 0.2) is 6.29 Å². The monoisotopic (exact) mass is 325 g/mol. The number of hydrogen-bond donors (Lipinski definition) is 0. The van der Waals surface area contributed by atoms with E-state index in [1.54, 1.807) is 0 Å². The Bertz CT molecular complexity index is 502. The van der Waals surface area contributed by atoms with Gasteiger partial charge in [-0.15, -0.1) is 0 Å². The molecule has 2 heterocycles. The summed E-state index contributed by atoms with van der Waals surface area (Å²) in [7, 11) is 0. The van der Waals surface area contributed by atoms with Gasteiger partial charge in [-0.1, -0.05) is 17.2 Å². The Morgan fingerprint density at radius 3 is 2.70 bits per heavy atom. The maximum Gasteiger partial charge on any atom is 0.534 e. The van der Waals surface area contributed by atoms with Gasteiger partial charge in [0.1, 0.15) is 6.61 Å². The molecule has 3 atom stereocenters. The molecular formula is C15H19NO7. The van der Waals surface area contributed by atoms with E-state index in [9.17, 15) is 14.4 Å². The van der Waals surface area contributed by atoms with Gasteiger partial charge in [-0.05, 0) is 25.7 Å². The van der Waals surface area contributed by atoms with Crippen molar-refractivity contribution in [3.8, 4) is 0 Å². The van der Waals surface area contributed by atoms with Crippen LogP contribution in [-0.2, 0) is 28.6 Å². The third kappa shape index (κ3) is 3.89. The van der Waals surface area contributed by atoms with Crippen LogP contribution in [0.1, 0.15) is 38.5 Å². The molecular weight excluding hydrogens is 306 g/mol. The van der Waals surface area contributed by atoms with Gasteiger partial charge in [0.05, 0.1) is 12.2 Å². The van der Waals surface area contributed by atoms with Crippen LogP contribution < -0.4 is 0 Å². The fourth-order valence-electron chi connectivity index (χ4n) is 2.82. The molecule has 0 bridgehead atoms. The van der Waals surface area contributed by atoms with Crippen molar-refractivity contribution in [2.24, 2.45) is 0 Å². The highest BCUT2D eigenvalue weighted by Gasteiger charge is 2.37. The van der Waals surface area contributed by atoms with Crippen LogP contribution in [0.25, 0.3) is 0 Å². The van der Waals surface area contributed by atoms with Gasteiger partial charge in [-0.2, -0.15) is 0 Å². The second kappa shape index (κ2) is 7.10. The van der Waals surface area contributed by atoms with E-state index in [-0.39, 0.29) is 31.7 Å². The topological polar surface area (TPSA) is 91.4 Å². The maximum absolute atomic E-state index is 11.6. The highest BCUT2D eigenvalue weighted by Crippen LogP contribution is 2.28. The number of allylic oxidation sites excluding steroid dienone is 1. The average molecular weight is 325 g/mol. The summed E-state index contributed by atoms with van der Waals surface area (Å²) in [5, 5.41) is 0.442. The van der Waals surface area contributed by atoms with Crippen LogP contribution in [0, 0.1) is 0 Å². The summed E-state index contributed by atoms with van der Waals surface area (Å²) in [5.74, 6) is -1.10. The number of hydrogen-bond acceptors (Lipinski definition) is 7. The SMILES string of the molecule is O=C(OCC1OC2C/C=C/CCCC2O1)ON1C(=O)CCC1=O. The minimum atomic E-state index is -1.12. The number of carbonyl (C=O) groups excluding carboxylic acids is 3. The summed E-state index contributed by atoms with van der Waals surface area (Å²) in [4.78, 5) is 38.8. The predicted molar refractivity (Wildman–Crippen MR) is 74.7 cm³/mol. The van der Waals surface area contributed by atoms with Crippen LogP contribution in [0.3, 0.4) is 0 Å². The molecule has 8 heteroatoms. The minimum absolute atomic E-state index is 0.00805. The Labute approximate surface area is 133 Å². The number of nitrogens with zero attached hydrogens (tertiary/aromatic N) is 1. The van der Waals surface area contributed by atoms with Crippen molar-refractivity contribution in [2.75, 3.05) is 6.61 Å². The van der Waals surface area contributed by atoms with Gasteiger partial charge in [0, 0.05) is 12.8 Å². The van der Waals surface area contributed by atoms with E-state index in [2.05, 4.69) is 17.0 Å². The lowest BCUT2D eigenvalue weighted by Crippen LogP contribution is -2.33. The predicted octanol–water partition coefficient (Wildman–Crippen LogP) is 1.44. The maximum atomic E-state index is 11.6. The highest BCUT2D eigenvalue weighted by molar-refractivity contribution is 6.01. The molecule has 0 spiro atoms. The highest BCUT2D eigenvalue weighted by atomic mass is 16.8. The molecule has 2 aliphatic heterocycles. The molecule has 126 valence electrons. The number of fused-ring (bicyclic) bond motifs is 1. The molecule has 2 amide bonds. The molecule has 0 N–H and O–H groups in total. The third-order valence-corrected chi connectivity index (χ3v) is 3.97. The minimum Gasteiger partial charge on any atom is -0.427 e. The van der Waals surface area contributed by atoms with Crippen LogP contribution in [0.5, 0.6) is 0 Å². The first-order chi connectivity index (χ1) is 11.1. The molecule has 2 fully saturated rings. The van der Waals surface area contributed by atoms with Crippen LogP contribution in [0.2, 0.25) is 0 Å². The van der Waals surface area contributed by atoms with Crippen molar-refractivity contribution in [3.05, 3.63) is 12.2 Å². The Balaban J connectivity index is 1.44. The summed E-state index contributed by atoms with van der Waals surface area (Å²) in [6, 6.07) is 0. The van der Waals surface area contributed by atoms with Crippen LogP contribution in [-0.4, -0.2) is 48.1 Å². The average Bonchev–Trinajstić information content (AvgIpc) is 3.03. The van der Waals surface area contributed by atoms with E-state index >= 15 is 0 Å². The molecule has 0 aromatic rings. The molecule has 0 aromatic heterocycles. The smallest absolute Gasteiger partial charge is 0.427 e. The number of hydroxylamine groups is 2.